The maximum absolute atomic E-state index is 11.8. The lowest BCUT2D eigenvalue weighted by Gasteiger charge is -2.11. The van der Waals surface area contributed by atoms with Crippen molar-refractivity contribution in [3.05, 3.63) is 36.4 Å². The lowest BCUT2D eigenvalue weighted by atomic mass is 10.1. The Bertz CT molecular complexity index is 665. The Kier molecular flexibility index (Phi) is 3.89. The zero-order valence-corrected chi connectivity index (χ0v) is 11.3. The lowest BCUT2D eigenvalue weighted by Crippen LogP contribution is -2.39. The first-order valence-electron chi connectivity index (χ1n) is 6.31. The van der Waals surface area contributed by atoms with Crippen LogP contribution in [0.25, 0.3) is 10.8 Å². The molecule has 0 bridgehead atoms. The zero-order chi connectivity index (χ0) is 14.7. The molecule has 2 amide bonds. The number of phenolic OH excluding ortho intramolecular Hbond substituents is 1. The van der Waals surface area contributed by atoms with Gasteiger partial charge in [-0.05, 0) is 26.0 Å². The quantitative estimate of drug-likeness (QED) is 0.732. The molecule has 0 aliphatic heterocycles. The van der Waals surface area contributed by atoms with Crippen LogP contribution in [0.2, 0.25) is 0 Å². The smallest absolute Gasteiger partial charge is 0.313 e. The van der Waals surface area contributed by atoms with Crippen LogP contribution in [0.1, 0.15) is 13.8 Å². The van der Waals surface area contributed by atoms with Crippen LogP contribution in [0.3, 0.4) is 0 Å². The van der Waals surface area contributed by atoms with Gasteiger partial charge in [0.15, 0.2) is 0 Å². The van der Waals surface area contributed by atoms with E-state index >= 15 is 0 Å². The number of carbonyl (C=O) groups excluding carboxylic acids is 2. The molecule has 0 saturated heterocycles. The number of anilines is 1. The molecule has 2 rings (SSSR count). The largest absolute Gasteiger partial charge is 0.507 e. The first-order valence-corrected chi connectivity index (χ1v) is 6.31. The monoisotopic (exact) mass is 272 g/mol. The van der Waals surface area contributed by atoms with Crippen molar-refractivity contribution in [2.24, 2.45) is 0 Å². The number of fused-ring (bicyclic) bond motifs is 1. The van der Waals surface area contributed by atoms with E-state index in [9.17, 15) is 14.7 Å². The van der Waals surface area contributed by atoms with E-state index in [1.165, 1.54) is 0 Å². The summed E-state index contributed by atoms with van der Waals surface area (Å²) in [6.45, 7) is 3.56. The molecule has 0 heterocycles. The summed E-state index contributed by atoms with van der Waals surface area (Å²) in [4.78, 5) is 23.4. The Morgan fingerprint density at radius 2 is 1.65 bits per heavy atom. The first kappa shape index (κ1) is 13.9. The van der Waals surface area contributed by atoms with E-state index in [1.54, 1.807) is 50.2 Å². The average Bonchev–Trinajstić information content (AvgIpc) is 2.39. The van der Waals surface area contributed by atoms with Gasteiger partial charge in [0, 0.05) is 22.5 Å². The number of aromatic hydroxyl groups is 1. The number of hydrogen-bond donors (Lipinski definition) is 3. The number of carbonyl (C=O) groups is 2. The van der Waals surface area contributed by atoms with Crippen LogP contribution < -0.4 is 10.6 Å². The van der Waals surface area contributed by atoms with Gasteiger partial charge in [-0.15, -0.1) is 0 Å². The highest BCUT2D eigenvalue weighted by Crippen LogP contribution is 2.29. The summed E-state index contributed by atoms with van der Waals surface area (Å²) in [6.07, 6.45) is 0. The molecule has 0 aliphatic carbocycles. The number of phenols is 1. The fraction of sp³-hybridized carbons (Fsp3) is 0.200. The molecular weight excluding hydrogens is 256 g/mol. The molecule has 2 aromatic carbocycles. The van der Waals surface area contributed by atoms with E-state index in [1.807, 2.05) is 0 Å². The highest BCUT2D eigenvalue weighted by atomic mass is 16.3. The van der Waals surface area contributed by atoms with E-state index in [0.29, 0.717) is 16.5 Å². The molecule has 0 spiro atoms. The topological polar surface area (TPSA) is 78.4 Å². The van der Waals surface area contributed by atoms with E-state index in [0.717, 1.165) is 0 Å². The number of benzene rings is 2. The number of nitrogens with one attached hydrogen (secondary N) is 2. The molecule has 0 aromatic heterocycles. The third kappa shape index (κ3) is 2.88. The third-order valence-electron chi connectivity index (χ3n) is 2.77. The van der Waals surface area contributed by atoms with E-state index < -0.39 is 11.8 Å². The summed E-state index contributed by atoms with van der Waals surface area (Å²) < 4.78 is 0. The molecule has 0 aliphatic rings. The molecule has 3 N–H and O–H groups in total. The van der Waals surface area contributed by atoms with Crippen molar-refractivity contribution in [1.82, 2.24) is 5.32 Å². The van der Waals surface area contributed by atoms with Gasteiger partial charge in [-0.25, -0.2) is 0 Å². The van der Waals surface area contributed by atoms with Gasteiger partial charge in [0.05, 0.1) is 0 Å². The van der Waals surface area contributed by atoms with E-state index in [4.69, 9.17) is 0 Å². The summed E-state index contributed by atoms with van der Waals surface area (Å²) in [6, 6.07) is 10.0. The minimum Gasteiger partial charge on any atom is -0.507 e. The highest BCUT2D eigenvalue weighted by Gasteiger charge is 2.15. The van der Waals surface area contributed by atoms with Gasteiger partial charge < -0.3 is 15.7 Å². The van der Waals surface area contributed by atoms with Crippen molar-refractivity contribution in [1.29, 1.82) is 0 Å². The maximum atomic E-state index is 11.8. The normalized spacial score (nSPS) is 10.6. The van der Waals surface area contributed by atoms with Crippen LogP contribution in [-0.4, -0.2) is 23.0 Å². The van der Waals surface area contributed by atoms with Gasteiger partial charge >= 0.3 is 11.8 Å². The Morgan fingerprint density at radius 1 is 1.00 bits per heavy atom. The molecule has 5 heteroatoms. The molecular formula is C15H16N2O3. The number of rotatable bonds is 2. The Morgan fingerprint density at radius 3 is 2.35 bits per heavy atom. The van der Waals surface area contributed by atoms with Gasteiger partial charge in [-0.1, -0.05) is 24.3 Å². The summed E-state index contributed by atoms with van der Waals surface area (Å²) in [5.41, 5.74) is 0.488. The molecule has 104 valence electrons. The van der Waals surface area contributed by atoms with Crippen LogP contribution >= 0.6 is 0 Å². The van der Waals surface area contributed by atoms with Crippen molar-refractivity contribution in [2.45, 2.75) is 19.9 Å². The maximum Gasteiger partial charge on any atom is 0.313 e. The van der Waals surface area contributed by atoms with Gasteiger partial charge in [0.2, 0.25) is 0 Å². The fourth-order valence-corrected chi connectivity index (χ4v) is 1.91. The van der Waals surface area contributed by atoms with Crippen molar-refractivity contribution in [2.75, 3.05) is 5.32 Å². The minimum atomic E-state index is -0.727. The van der Waals surface area contributed by atoms with Crippen LogP contribution in [-0.2, 0) is 9.59 Å². The molecule has 0 atom stereocenters. The van der Waals surface area contributed by atoms with Gasteiger partial charge in [0.1, 0.15) is 5.75 Å². The van der Waals surface area contributed by atoms with Gasteiger partial charge in [0.25, 0.3) is 0 Å². The second-order valence-electron chi connectivity index (χ2n) is 4.76. The standard InChI is InChI=1S/C15H16N2O3/c1-9(2)16-14(19)15(20)17-12-7-3-6-11-10(12)5-4-8-13(11)18/h3-9,18H,1-2H3,(H,16,19)(H,17,20). The van der Waals surface area contributed by atoms with Crippen molar-refractivity contribution >= 4 is 28.3 Å². The highest BCUT2D eigenvalue weighted by molar-refractivity contribution is 6.40. The average molecular weight is 272 g/mol. The molecule has 5 nitrogen and oxygen atoms in total. The summed E-state index contributed by atoms with van der Waals surface area (Å²) >= 11 is 0. The van der Waals surface area contributed by atoms with Crippen molar-refractivity contribution in [3.8, 4) is 5.75 Å². The fourth-order valence-electron chi connectivity index (χ4n) is 1.91. The first-order chi connectivity index (χ1) is 9.49. The summed E-state index contributed by atoms with van der Waals surface area (Å²) in [5.74, 6) is -1.28. The van der Waals surface area contributed by atoms with Gasteiger partial charge in [-0.2, -0.15) is 0 Å². The second-order valence-corrected chi connectivity index (χ2v) is 4.76. The molecule has 20 heavy (non-hydrogen) atoms. The predicted molar refractivity (Wildman–Crippen MR) is 77.5 cm³/mol. The molecule has 2 aromatic rings. The predicted octanol–water partition coefficient (Wildman–Crippen LogP) is 2.01. The molecule has 0 unspecified atom stereocenters. The minimum absolute atomic E-state index is 0.107. The molecule has 0 radical (unpaired) electrons. The van der Waals surface area contributed by atoms with Crippen LogP contribution in [0.5, 0.6) is 5.75 Å². The Balaban J connectivity index is 2.28. The van der Waals surface area contributed by atoms with Crippen LogP contribution in [0.15, 0.2) is 36.4 Å². The zero-order valence-electron chi connectivity index (χ0n) is 11.3. The third-order valence-corrected chi connectivity index (χ3v) is 2.77. The molecule has 0 fully saturated rings. The van der Waals surface area contributed by atoms with Gasteiger partial charge in [-0.3, -0.25) is 9.59 Å². The van der Waals surface area contributed by atoms with Crippen LogP contribution in [0, 0.1) is 0 Å². The Hall–Kier alpha value is -2.56. The SMILES string of the molecule is CC(C)NC(=O)C(=O)Nc1cccc2c(O)cccc12. The second kappa shape index (κ2) is 5.61. The van der Waals surface area contributed by atoms with E-state index in [2.05, 4.69) is 10.6 Å². The Labute approximate surface area is 116 Å². The van der Waals surface area contributed by atoms with E-state index in [-0.39, 0.29) is 11.8 Å². The van der Waals surface area contributed by atoms with Crippen LogP contribution in [0.4, 0.5) is 5.69 Å². The molecule has 0 saturated carbocycles. The summed E-state index contributed by atoms with van der Waals surface area (Å²) in [7, 11) is 0. The number of hydrogen-bond acceptors (Lipinski definition) is 3. The number of amides is 2. The van der Waals surface area contributed by atoms with Crippen molar-refractivity contribution < 1.29 is 14.7 Å². The summed E-state index contributed by atoms with van der Waals surface area (Å²) in [5, 5.41) is 16.1. The lowest BCUT2D eigenvalue weighted by molar-refractivity contribution is -0.136. The van der Waals surface area contributed by atoms with Crippen molar-refractivity contribution in [3.63, 3.8) is 0 Å².